The van der Waals surface area contributed by atoms with Crippen molar-refractivity contribution in [3.8, 4) is 5.69 Å². The van der Waals surface area contributed by atoms with Gasteiger partial charge in [-0.3, -0.25) is 4.98 Å². The molecule has 168 valence electrons. The van der Waals surface area contributed by atoms with E-state index in [2.05, 4.69) is 76.9 Å². The fourth-order valence-electron chi connectivity index (χ4n) is 4.62. The Labute approximate surface area is 201 Å². The molecule has 1 aliphatic rings. The molecule has 2 atom stereocenters. The molecule has 2 aromatic heterocycles. The number of thiocarbonyl (C=S) groups is 1. The molecule has 5 nitrogen and oxygen atoms in total. The lowest BCUT2D eigenvalue weighted by Crippen LogP contribution is -2.32. The summed E-state index contributed by atoms with van der Waals surface area (Å²) in [6.07, 6.45) is 2.89. The van der Waals surface area contributed by atoms with Crippen LogP contribution in [-0.2, 0) is 0 Å². The van der Waals surface area contributed by atoms with Gasteiger partial charge in [0.2, 0.25) is 0 Å². The number of rotatable bonds is 7. The number of halogens is 1. The number of aryl methyl sites for hydroxylation is 1. The van der Waals surface area contributed by atoms with Crippen molar-refractivity contribution in [1.82, 2.24) is 24.7 Å². The van der Waals surface area contributed by atoms with Crippen molar-refractivity contribution in [3.63, 3.8) is 0 Å². The Bertz CT molecular complexity index is 1080. The lowest BCUT2D eigenvalue weighted by Gasteiger charge is -2.28. The Hall–Kier alpha value is -2.41. The molecule has 1 aliphatic heterocycles. The topological polar surface area (TPSA) is 36.3 Å². The highest BCUT2D eigenvalue weighted by atomic mass is 35.5. The van der Waals surface area contributed by atoms with E-state index in [1.807, 2.05) is 30.5 Å². The molecule has 3 heterocycles. The summed E-state index contributed by atoms with van der Waals surface area (Å²) in [6, 6.07) is 16.4. The monoisotopic (exact) mass is 467 g/mol. The van der Waals surface area contributed by atoms with Gasteiger partial charge in [-0.2, -0.15) is 0 Å². The van der Waals surface area contributed by atoms with Gasteiger partial charge in [-0.1, -0.05) is 17.7 Å². The van der Waals surface area contributed by atoms with Crippen molar-refractivity contribution in [2.45, 2.75) is 32.4 Å². The van der Waals surface area contributed by atoms with Gasteiger partial charge in [-0.25, -0.2) is 0 Å². The number of pyridine rings is 1. The summed E-state index contributed by atoms with van der Waals surface area (Å²) in [7, 11) is 4.21. The van der Waals surface area contributed by atoms with Crippen LogP contribution in [0.4, 0.5) is 0 Å². The second-order valence-corrected chi connectivity index (χ2v) is 9.44. The molecule has 1 N–H and O–H groups in total. The van der Waals surface area contributed by atoms with Crippen LogP contribution < -0.4 is 5.32 Å². The van der Waals surface area contributed by atoms with Gasteiger partial charge in [0, 0.05) is 34.8 Å². The van der Waals surface area contributed by atoms with Gasteiger partial charge in [0.25, 0.3) is 0 Å². The van der Waals surface area contributed by atoms with Crippen molar-refractivity contribution < 1.29 is 0 Å². The molecule has 1 fully saturated rings. The quantitative estimate of drug-likeness (QED) is 0.491. The number of hydrogen-bond donors (Lipinski definition) is 1. The van der Waals surface area contributed by atoms with E-state index in [0.717, 1.165) is 41.0 Å². The molecule has 0 aliphatic carbocycles. The predicted octanol–water partition coefficient (Wildman–Crippen LogP) is 5.07. The first-order chi connectivity index (χ1) is 15.4. The fraction of sp³-hybridized carbons (Fsp3) is 0.360. The third-order valence-corrected chi connectivity index (χ3v) is 6.68. The molecule has 0 unspecified atom stereocenters. The first-order valence-electron chi connectivity index (χ1n) is 10.9. The fourth-order valence-corrected chi connectivity index (χ4v) is 5.07. The van der Waals surface area contributed by atoms with Crippen LogP contribution in [0.3, 0.4) is 0 Å². The van der Waals surface area contributed by atoms with Crippen LogP contribution in [0.15, 0.2) is 54.7 Å². The number of hydrogen-bond acceptors (Lipinski definition) is 3. The summed E-state index contributed by atoms with van der Waals surface area (Å²) in [5.41, 5.74) is 5.78. The van der Waals surface area contributed by atoms with E-state index in [4.69, 9.17) is 23.8 Å². The zero-order valence-electron chi connectivity index (χ0n) is 19.0. The molecule has 32 heavy (non-hydrogen) atoms. The second kappa shape index (κ2) is 9.61. The molecule has 7 heteroatoms. The highest BCUT2D eigenvalue weighted by Crippen LogP contribution is 2.41. The van der Waals surface area contributed by atoms with Gasteiger partial charge in [-0.15, -0.1) is 0 Å². The normalized spacial score (nSPS) is 18.4. The van der Waals surface area contributed by atoms with E-state index in [1.165, 1.54) is 17.0 Å². The summed E-state index contributed by atoms with van der Waals surface area (Å²) in [5, 5.41) is 5.10. The van der Waals surface area contributed by atoms with Gasteiger partial charge in [0.15, 0.2) is 5.11 Å². The van der Waals surface area contributed by atoms with Crippen LogP contribution >= 0.6 is 23.8 Å². The van der Waals surface area contributed by atoms with Crippen molar-refractivity contribution in [2.75, 3.05) is 27.2 Å². The van der Waals surface area contributed by atoms with E-state index in [-0.39, 0.29) is 12.1 Å². The van der Waals surface area contributed by atoms with E-state index >= 15 is 0 Å². The summed E-state index contributed by atoms with van der Waals surface area (Å²) < 4.78 is 2.29. The average Bonchev–Trinajstić information content (AvgIpc) is 3.25. The first kappa shape index (κ1) is 22.8. The van der Waals surface area contributed by atoms with Gasteiger partial charge >= 0.3 is 0 Å². The third-order valence-electron chi connectivity index (χ3n) is 6.08. The lowest BCUT2D eigenvalue weighted by atomic mass is 9.96. The predicted molar refractivity (Wildman–Crippen MR) is 136 cm³/mol. The molecule has 0 amide bonds. The van der Waals surface area contributed by atoms with Crippen molar-refractivity contribution in [1.29, 1.82) is 0 Å². The number of nitrogens with one attached hydrogen (secondary N) is 1. The third kappa shape index (κ3) is 4.53. The van der Waals surface area contributed by atoms with Gasteiger partial charge in [0.1, 0.15) is 0 Å². The Kier molecular flexibility index (Phi) is 6.84. The summed E-state index contributed by atoms with van der Waals surface area (Å²) in [6.45, 7) is 6.25. The van der Waals surface area contributed by atoms with Gasteiger partial charge < -0.3 is 19.7 Å². The maximum Gasteiger partial charge on any atom is 0.170 e. The molecule has 0 spiro atoms. The van der Waals surface area contributed by atoms with Crippen molar-refractivity contribution >= 4 is 28.9 Å². The Morgan fingerprint density at radius 2 is 1.88 bits per heavy atom. The van der Waals surface area contributed by atoms with Crippen LogP contribution in [-0.4, -0.2) is 51.6 Å². The highest BCUT2D eigenvalue weighted by molar-refractivity contribution is 7.80. The number of benzene rings is 1. The maximum atomic E-state index is 6.13. The maximum absolute atomic E-state index is 6.13. The molecule has 4 rings (SSSR count). The first-order valence-corrected chi connectivity index (χ1v) is 11.7. The number of nitrogens with zero attached hydrogens (tertiary/aromatic N) is 4. The largest absolute Gasteiger partial charge is 0.352 e. The molecule has 1 saturated heterocycles. The van der Waals surface area contributed by atoms with Gasteiger partial charge in [0.05, 0.1) is 17.8 Å². The smallest absolute Gasteiger partial charge is 0.170 e. The molecule has 0 bridgehead atoms. The van der Waals surface area contributed by atoms with Crippen molar-refractivity contribution in [3.05, 3.63) is 82.4 Å². The molecule has 3 aromatic rings. The Morgan fingerprint density at radius 3 is 2.53 bits per heavy atom. The second-order valence-electron chi connectivity index (χ2n) is 8.62. The van der Waals surface area contributed by atoms with Crippen LogP contribution in [0.25, 0.3) is 5.69 Å². The van der Waals surface area contributed by atoms with E-state index in [0.29, 0.717) is 0 Å². The van der Waals surface area contributed by atoms with Crippen molar-refractivity contribution in [2.24, 2.45) is 0 Å². The Balaban J connectivity index is 1.76. The summed E-state index contributed by atoms with van der Waals surface area (Å²) in [5.74, 6) is 0. The van der Waals surface area contributed by atoms with E-state index in [1.54, 1.807) is 0 Å². The zero-order chi connectivity index (χ0) is 22.8. The molecule has 0 radical (unpaired) electrons. The lowest BCUT2D eigenvalue weighted by molar-refractivity contribution is 0.292. The molecular formula is C25H30ClN5S. The molecular weight excluding hydrogens is 438 g/mol. The van der Waals surface area contributed by atoms with Gasteiger partial charge in [-0.05, 0) is 101 Å². The van der Waals surface area contributed by atoms with E-state index < -0.39 is 0 Å². The number of aromatic nitrogens is 2. The average molecular weight is 468 g/mol. The SMILES string of the molecule is Cc1cc([C@@H]2[C@@H](c3ccccn3)NC(=S)N2CCCN(C)C)c(C)n1-c1ccc(Cl)cc1. The minimum Gasteiger partial charge on any atom is -0.352 e. The van der Waals surface area contributed by atoms with Crippen LogP contribution in [0, 0.1) is 13.8 Å². The molecule has 1 aromatic carbocycles. The minimum absolute atomic E-state index is 0.00206. The standard InChI is InChI=1S/C25H30ClN5S/c1-17-16-21(18(2)31(17)20-11-9-19(26)10-12-20)24-23(22-8-5-6-13-27-22)28-25(32)30(24)15-7-14-29(3)4/h5-6,8-13,16,23-24H,7,14-15H2,1-4H3,(H,28,32)/t23-,24-/m1/s1. The highest BCUT2D eigenvalue weighted by Gasteiger charge is 2.41. The summed E-state index contributed by atoms with van der Waals surface area (Å²) >= 11 is 11.9. The van der Waals surface area contributed by atoms with E-state index in [9.17, 15) is 0 Å². The Morgan fingerprint density at radius 1 is 1.12 bits per heavy atom. The van der Waals surface area contributed by atoms with Crippen LogP contribution in [0.5, 0.6) is 0 Å². The van der Waals surface area contributed by atoms with Crippen LogP contribution in [0.1, 0.15) is 41.1 Å². The minimum atomic E-state index is 0.00206. The molecule has 0 saturated carbocycles. The van der Waals surface area contributed by atoms with Crippen LogP contribution in [0.2, 0.25) is 5.02 Å². The zero-order valence-corrected chi connectivity index (χ0v) is 20.6. The summed E-state index contributed by atoms with van der Waals surface area (Å²) in [4.78, 5) is 9.21.